The summed E-state index contributed by atoms with van der Waals surface area (Å²) in [7, 11) is 0. The van der Waals surface area contributed by atoms with Crippen LogP contribution >= 0.6 is 11.8 Å². The molecule has 106 valence electrons. The second-order valence-electron chi connectivity index (χ2n) is 5.49. The first kappa shape index (κ1) is 14.7. The molecular weight excluding hydrogens is 256 g/mol. The normalized spacial score (nSPS) is 17.9. The SMILES string of the molecule is CC(C)Oc1cccc(C(O)CSC2CCCC2)c1. The van der Waals surface area contributed by atoms with Crippen molar-refractivity contribution in [2.45, 2.75) is 57.0 Å². The molecule has 0 radical (unpaired) electrons. The van der Waals surface area contributed by atoms with Gasteiger partial charge in [-0.15, -0.1) is 0 Å². The fourth-order valence-corrected chi connectivity index (χ4v) is 3.76. The third-order valence-electron chi connectivity index (χ3n) is 3.41. The van der Waals surface area contributed by atoms with Crippen molar-refractivity contribution in [2.24, 2.45) is 0 Å². The number of hydrogen-bond acceptors (Lipinski definition) is 3. The van der Waals surface area contributed by atoms with Crippen molar-refractivity contribution >= 4 is 11.8 Å². The standard InChI is InChI=1S/C16H24O2S/c1-12(2)18-14-7-5-6-13(10-14)16(17)11-19-15-8-3-4-9-15/h5-7,10,12,15-17H,3-4,8-9,11H2,1-2H3. The van der Waals surface area contributed by atoms with Crippen LogP contribution in [0.4, 0.5) is 0 Å². The monoisotopic (exact) mass is 280 g/mol. The number of thioether (sulfide) groups is 1. The lowest BCUT2D eigenvalue weighted by atomic mass is 10.1. The molecule has 1 aliphatic rings. The number of aliphatic hydroxyl groups excluding tert-OH is 1. The fourth-order valence-electron chi connectivity index (χ4n) is 2.45. The Morgan fingerprint density at radius 1 is 1.32 bits per heavy atom. The first-order valence-electron chi connectivity index (χ1n) is 7.21. The van der Waals surface area contributed by atoms with Crippen molar-refractivity contribution in [3.05, 3.63) is 29.8 Å². The summed E-state index contributed by atoms with van der Waals surface area (Å²) >= 11 is 1.92. The maximum absolute atomic E-state index is 10.3. The molecule has 0 amide bonds. The maximum atomic E-state index is 10.3. The molecule has 0 aliphatic heterocycles. The summed E-state index contributed by atoms with van der Waals surface area (Å²) in [6, 6.07) is 7.84. The molecule has 0 spiro atoms. The van der Waals surface area contributed by atoms with E-state index in [-0.39, 0.29) is 12.2 Å². The molecule has 1 saturated carbocycles. The first-order valence-corrected chi connectivity index (χ1v) is 8.26. The first-order chi connectivity index (χ1) is 9.15. The molecule has 0 saturated heterocycles. The van der Waals surface area contributed by atoms with Gasteiger partial charge in [-0.2, -0.15) is 11.8 Å². The van der Waals surface area contributed by atoms with Gasteiger partial charge in [-0.05, 0) is 44.4 Å². The molecule has 2 nitrogen and oxygen atoms in total. The van der Waals surface area contributed by atoms with Crippen LogP contribution in [-0.4, -0.2) is 22.2 Å². The highest BCUT2D eigenvalue weighted by Gasteiger charge is 2.17. The van der Waals surface area contributed by atoms with Crippen LogP contribution in [0.3, 0.4) is 0 Å². The highest BCUT2D eigenvalue weighted by atomic mass is 32.2. The van der Waals surface area contributed by atoms with Crippen molar-refractivity contribution in [2.75, 3.05) is 5.75 Å². The molecule has 0 aromatic heterocycles. The summed E-state index contributed by atoms with van der Waals surface area (Å²) in [6.07, 6.45) is 5.11. The van der Waals surface area contributed by atoms with Gasteiger partial charge in [0.05, 0.1) is 12.2 Å². The van der Waals surface area contributed by atoms with E-state index in [1.807, 2.05) is 49.9 Å². The van der Waals surface area contributed by atoms with Gasteiger partial charge in [-0.1, -0.05) is 25.0 Å². The molecule has 1 N–H and O–H groups in total. The lowest BCUT2D eigenvalue weighted by Crippen LogP contribution is -2.08. The van der Waals surface area contributed by atoms with Crippen molar-refractivity contribution in [3.63, 3.8) is 0 Å². The van der Waals surface area contributed by atoms with Crippen LogP contribution in [0, 0.1) is 0 Å². The molecular formula is C16H24O2S. The molecule has 2 rings (SSSR count). The van der Waals surface area contributed by atoms with Gasteiger partial charge in [0.25, 0.3) is 0 Å². The average Bonchev–Trinajstić information content (AvgIpc) is 2.88. The molecule has 19 heavy (non-hydrogen) atoms. The summed E-state index contributed by atoms with van der Waals surface area (Å²) in [6.45, 7) is 4.03. The summed E-state index contributed by atoms with van der Waals surface area (Å²) in [5, 5.41) is 11.0. The molecule has 3 heteroatoms. The van der Waals surface area contributed by atoms with E-state index in [4.69, 9.17) is 4.74 Å². The Morgan fingerprint density at radius 3 is 2.74 bits per heavy atom. The van der Waals surface area contributed by atoms with Crippen molar-refractivity contribution < 1.29 is 9.84 Å². The van der Waals surface area contributed by atoms with Crippen LogP contribution in [0.5, 0.6) is 5.75 Å². The summed E-state index contributed by atoms with van der Waals surface area (Å²) in [5.41, 5.74) is 0.962. The zero-order valence-corrected chi connectivity index (χ0v) is 12.7. The third-order valence-corrected chi connectivity index (χ3v) is 4.86. The van der Waals surface area contributed by atoms with Crippen LogP contribution in [-0.2, 0) is 0 Å². The van der Waals surface area contributed by atoms with Gasteiger partial charge in [0, 0.05) is 11.0 Å². The number of hydrogen-bond donors (Lipinski definition) is 1. The minimum absolute atomic E-state index is 0.167. The Bertz CT molecular complexity index is 386. The highest BCUT2D eigenvalue weighted by molar-refractivity contribution is 7.99. The highest BCUT2D eigenvalue weighted by Crippen LogP contribution is 2.32. The van der Waals surface area contributed by atoms with Crippen LogP contribution in [0.15, 0.2) is 24.3 Å². The lowest BCUT2D eigenvalue weighted by Gasteiger charge is -2.16. The van der Waals surface area contributed by atoms with Gasteiger partial charge >= 0.3 is 0 Å². The molecule has 1 atom stereocenters. The number of rotatable bonds is 6. The zero-order chi connectivity index (χ0) is 13.7. The minimum Gasteiger partial charge on any atom is -0.491 e. The molecule has 1 aromatic rings. The average molecular weight is 280 g/mol. The molecule has 1 fully saturated rings. The van der Waals surface area contributed by atoms with Crippen LogP contribution in [0.1, 0.15) is 51.2 Å². The third kappa shape index (κ3) is 4.73. The Hall–Kier alpha value is -0.670. The molecule has 0 heterocycles. The smallest absolute Gasteiger partial charge is 0.120 e. The van der Waals surface area contributed by atoms with E-state index in [2.05, 4.69) is 0 Å². The van der Waals surface area contributed by atoms with Crippen molar-refractivity contribution in [3.8, 4) is 5.75 Å². The number of benzene rings is 1. The summed E-state index contributed by atoms with van der Waals surface area (Å²) in [5.74, 6) is 1.63. The second-order valence-corrected chi connectivity index (χ2v) is 6.83. The van der Waals surface area contributed by atoms with Gasteiger partial charge in [-0.3, -0.25) is 0 Å². The predicted octanol–water partition coefficient (Wildman–Crippen LogP) is 4.18. The minimum atomic E-state index is -0.388. The summed E-state index contributed by atoms with van der Waals surface area (Å²) < 4.78 is 5.67. The zero-order valence-electron chi connectivity index (χ0n) is 11.8. The number of aliphatic hydroxyl groups is 1. The van der Waals surface area contributed by atoms with Crippen molar-refractivity contribution in [1.82, 2.24) is 0 Å². The Labute approximate surface area is 120 Å². The van der Waals surface area contributed by atoms with E-state index in [0.29, 0.717) is 0 Å². The molecule has 1 aliphatic carbocycles. The predicted molar refractivity (Wildman–Crippen MR) is 81.9 cm³/mol. The van der Waals surface area contributed by atoms with Crippen molar-refractivity contribution in [1.29, 1.82) is 0 Å². The second kappa shape index (κ2) is 7.20. The molecule has 1 aromatic carbocycles. The van der Waals surface area contributed by atoms with Crippen LogP contribution in [0.25, 0.3) is 0 Å². The summed E-state index contributed by atoms with van der Waals surface area (Å²) in [4.78, 5) is 0. The van der Waals surface area contributed by atoms with Gasteiger partial charge in [0.2, 0.25) is 0 Å². The Kier molecular flexibility index (Phi) is 5.59. The van der Waals surface area contributed by atoms with Gasteiger partial charge in [-0.25, -0.2) is 0 Å². The number of ether oxygens (including phenoxy) is 1. The van der Waals surface area contributed by atoms with E-state index in [9.17, 15) is 5.11 Å². The lowest BCUT2D eigenvalue weighted by molar-refractivity contribution is 0.201. The van der Waals surface area contributed by atoms with E-state index in [1.165, 1.54) is 25.7 Å². The Balaban J connectivity index is 1.88. The topological polar surface area (TPSA) is 29.5 Å². The quantitative estimate of drug-likeness (QED) is 0.847. The fraction of sp³-hybridized carbons (Fsp3) is 0.625. The molecule has 0 bridgehead atoms. The van der Waals surface area contributed by atoms with Gasteiger partial charge < -0.3 is 9.84 Å². The Morgan fingerprint density at radius 2 is 2.05 bits per heavy atom. The van der Waals surface area contributed by atoms with Gasteiger partial charge in [0.1, 0.15) is 5.75 Å². The van der Waals surface area contributed by atoms with E-state index < -0.39 is 0 Å². The van der Waals surface area contributed by atoms with Crippen LogP contribution < -0.4 is 4.74 Å². The van der Waals surface area contributed by atoms with E-state index in [1.54, 1.807) is 0 Å². The van der Waals surface area contributed by atoms with E-state index in [0.717, 1.165) is 22.3 Å². The van der Waals surface area contributed by atoms with E-state index >= 15 is 0 Å². The van der Waals surface area contributed by atoms with Gasteiger partial charge in [0.15, 0.2) is 0 Å². The molecule has 1 unspecified atom stereocenters. The van der Waals surface area contributed by atoms with Crippen LogP contribution in [0.2, 0.25) is 0 Å². The largest absolute Gasteiger partial charge is 0.491 e. The maximum Gasteiger partial charge on any atom is 0.120 e.